The molecule has 1 aliphatic heterocycles. The Balaban J connectivity index is 2.65. The summed E-state index contributed by atoms with van der Waals surface area (Å²) in [5.74, 6) is -0.543. The van der Waals surface area contributed by atoms with Crippen LogP contribution in [0.5, 0.6) is 5.75 Å². The van der Waals surface area contributed by atoms with Gasteiger partial charge in [0.2, 0.25) is 0 Å². The van der Waals surface area contributed by atoms with E-state index in [0.717, 1.165) is 6.07 Å². The highest BCUT2D eigenvalue weighted by Crippen LogP contribution is 2.31. The van der Waals surface area contributed by atoms with Crippen LogP contribution in [0.25, 0.3) is 0 Å². The minimum atomic E-state index is -3.34. The highest BCUT2D eigenvalue weighted by Gasteiger charge is 2.24. The highest BCUT2D eigenvalue weighted by molar-refractivity contribution is 7.91. The fraction of sp³-hybridized carbons (Fsp3) is 0.400. The van der Waals surface area contributed by atoms with Crippen molar-refractivity contribution in [3.8, 4) is 5.75 Å². The SMILES string of the molecule is COc1cc2c(cc1F)NCCCS2(=O)=O. The normalized spacial score (nSPS) is 18.1. The molecule has 0 atom stereocenters. The predicted octanol–water partition coefficient (Wildman–Crippen LogP) is 1.42. The maximum absolute atomic E-state index is 13.4. The summed E-state index contributed by atoms with van der Waals surface area (Å²) in [7, 11) is -2.03. The van der Waals surface area contributed by atoms with E-state index >= 15 is 0 Å². The van der Waals surface area contributed by atoms with Gasteiger partial charge in [0.25, 0.3) is 0 Å². The Morgan fingerprint density at radius 3 is 2.88 bits per heavy atom. The molecular weight excluding hydrogens is 233 g/mol. The van der Waals surface area contributed by atoms with Crippen LogP contribution in [0.4, 0.5) is 10.1 Å². The highest BCUT2D eigenvalue weighted by atomic mass is 32.2. The van der Waals surface area contributed by atoms with Crippen molar-refractivity contribution in [2.45, 2.75) is 11.3 Å². The summed E-state index contributed by atoms with van der Waals surface area (Å²) in [6.45, 7) is 0.526. The molecule has 0 spiro atoms. The molecule has 0 unspecified atom stereocenters. The Hall–Kier alpha value is -1.30. The van der Waals surface area contributed by atoms with Crippen LogP contribution in [0.3, 0.4) is 0 Å². The second-order valence-electron chi connectivity index (χ2n) is 3.58. The molecule has 0 radical (unpaired) electrons. The maximum atomic E-state index is 13.4. The van der Waals surface area contributed by atoms with E-state index in [1.807, 2.05) is 0 Å². The van der Waals surface area contributed by atoms with Crippen LogP contribution in [0.2, 0.25) is 0 Å². The summed E-state index contributed by atoms with van der Waals surface area (Å²) < 4.78 is 41.9. The van der Waals surface area contributed by atoms with Crippen LogP contribution >= 0.6 is 0 Å². The summed E-state index contributed by atoms with van der Waals surface area (Å²) in [6, 6.07) is 2.40. The van der Waals surface area contributed by atoms with Gasteiger partial charge in [-0.15, -0.1) is 0 Å². The van der Waals surface area contributed by atoms with E-state index in [2.05, 4.69) is 5.32 Å². The number of nitrogens with one attached hydrogen (secondary N) is 1. The van der Waals surface area contributed by atoms with E-state index in [4.69, 9.17) is 4.74 Å². The molecule has 0 saturated carbocycles. The summed E-state index contributed by atoms with van der Waals surface area (Å²) in [4.78, 5) is 0.114. The average molecular weight is 245 g/mol. The summed E-state index contributed by atoms with van der Waals surface area (Å²) in [6.07, 6.45) is 0.515. The van der Waals surface area contributed by atoms with Gasteiger partial charge < -0.3 is 10.1 Å². The lowest BCUT2D eigenvalue weighted by Gasteiger charge is -2.10. The molecule has 1 N–H and O–H groups in total. The largest absolute Gasteiger partial charge is 0.494 e. The van der Waals surface area contributed by atoms with Crippen molar-refractivity contribution in [3.63, 3.8) is 0 Å². The molecular formula is C10H12FNO3S. The molecule has 4 nitrogen and oxygen atoms in total. The molecule has 0 amide bonds. The molecule has 0 aromatic heterocycles. The number of halogens is 1. The van der Waals surface area contributed by atoms with Gasteiger partial charge in [-0.25, -0.2) is 12.8 Å². The van der Waals surface area contributed by atoms with Gasteiger partial charge in [-0.1, -0.05) is 0 Å². The lowest BCUT2D eigenvalue weighted by Crippen LogP contribution is -2.06. The first-order valence-corrected chi connectivity index (χ1v) is 6.54. The first-order valence-electron chi connectivity index (χ1n) is 4.89. The zero-order valence-electron chi connectivity index (χ0n) is 8.79. The molecule has 1 aromatic carbocycles. The van der Waals surface area contributed by atoms with E-state index in [-0.39, 0.29) is 16.4 Å². The van der Waals surface area contributed by atoms with Gasteiger partial charge in [0.05, 0.1) is 23.4 Å². The van der Waals surface area contributed by atoms with Gasteiger partial charge in [0.1, 0.15) is 0 Å². The fourth-order valence-corrected chi connectivity index (χ4v) is 3.18. The van der Waals surface area contributed by atoms with Crippen molar-refractivity contribution < 1.29 is 17.5 Å². The van der Waals surface area contributed by atoms with Crippen molar-refractivity contribution in [2.24, 2.45) is 0 Å². The number of sulfone groups is 1. The van der Waals surface area contributed by atoms with E-state index in [1.165, 1.54) is 13.2 Å². The van der Waals surface area contributed by atoms with E-state index in [0.29, 0.717) is 18.7 Å². The summed E-state index contributed by atoms with van der Waals surface area (Å²) in [5.41, 5.74) is 0.316. The van der Waals surface area contributed by atoms with Crippen LogP contribution in [-0.4, -0.2) is 27.8 Å². The first-order chi connectivity index (χ1) is 7.54. The molecule has 88 valence electrons. The third-order valence-electron chi connectivity index (χ3n) is 2.49. The third kappa shape index (κ3) is 1.84. The number of hydrogen-bond acceptors (Lipinski definition) is 4. The predicted molar refractivity (Wildman–Crippen MR) is 58.1 cm³/mol. The number of fused-ring (bicyclic) bond motifs is 1. The molecule has 0 bridgehead atoms. The summed E-state index contributed by atoms with van der Waals surface area (Å²) >= 11 is 0. The molecule has 0 fully saturated rings. The van der Waals surface area contributed by atoms with Crippen molar-refractivity contribution in [1.29, 1.82) is 0 Å². The molecule has 1 heterocycles. The number of benzene rings is 1. The minimum absolute atomic E-state index is 0.0500. The maximum Gasteiger partial charge on any atom is 0.180 e. The van der Waals surface area contributed by atoms with E-state index in [9.17, 15) is 12.8 Å². The van der Waals surface area contributed by atoms with Crippen molar-refractivity contribution in [2.75, 3.05) is 24.7 Å². The molecule has 0 aliphatic carbocycles. The van der Waals surface area contributed by atoms with Crippen LogP contribution in [0.15, 0.2) is 17.0 Å². The average Bonchev–Trinajstić information content (AvgIpc) is 2.37. The molecule has 6 heteroatoms. The van der Waals surface area contributed by atoms with Crippen molar-refractivity contribution in [3.05, 3.63) is 17.9 Å². The molecule has 0 saturated heterocycles. The molecule has 1 aliphatic rings. The van der Waals surface area contributed by atoms with Crippen LogP contribution in [-0.2, 0) is 9.84 Å². The van der Waals surface area contributed by atoms with E-state index < -0.39 is 15.7 Å². The Morgan fingerprint density at radius 1 is 1.44 bits per heavy atom. The minimum Gasteiger partial charge on any atom is -0.494 e. The number of methoxy groups -OCH3 is 1. The van der Waals surface area contributed by atoms with Gasteiger partial charge >= 0.3 is 0 Å². The molecule has 16 heavy (non-hydrogen) atoms. The van der Waals surface area contributed by atoms with Crippen LogP contribution in [0.1, 0.15) is 6.42 Å². The van der Waals surface area contributed by atoms with Gasteiger partial charge in [-0.3, -0.25) is 0 Å². The zero-order chi connectivity index (χ0) is 11.8. The van der Waals surface area contributed by atoms with Gasteiger partial charge in [-0.05, 0) is 6.42 Å². The van der Waals surface area contributed by atoms with Crippen LogP contribution < -0.4 is 10.1 Å². The third-order valence-corrected chi connectivity index (χ3v) is 4.33. The van der Waals surface area contributed by atoms with Gasteiger partial charge in [0, 0.05) is 18.7 Å². The fourth-order valence-electron chi connectivity index (χ4n) is 1.68. The van der Waals surface area contributed by atoms with Gasteiger partial charge in [0.15, 0.2) is 21.4 Å². The monoisotopic (exact) mass is 245 g/mol. The standard InChI is InChI=1S/C10H12FNO3S/c1-15-9-6-10-8(5-7(9)11)12-3-2-4-16(10,13)14/h5-6,12H,2-4H2,1H3. The lowest BCUT2D eigenvalue weighted by molar-refractivity contribution is 0.385. The van der Waals surface area contributed by atoms with Gasteiger partial charge in [-0.2, -0.15) is 0 Å². The summed E-state index contributed by atoms with van der Waals surface area (Å²) in [5, 5.41) is 2.90. The molecule has 1 aromatic rings. The van der Waals surface area contributed by atoms with Crippen molar-refractivity contribution >= 4 is 15.5 Å². The van der Waals surface area contributed by atoms with E-state index in [1.54, 1.807) is 0 Å². The quantitative estimate of drug-likeness (QED) is 0.760. The Labute approximate surface area is 93.3 Å². The number of rotatable bonds is 1. The number of hydrogen-bond donors (Lipinski definition) is 1. The first kappa shape index (κ1) is 11.2. The second-order valence-corrected chi connectivity index (χ2v) is 5.66. The topological polar surface area (TPSA) is 55.4 Å². The Kier molecular flexibility index (Phi) is 2.75. The lowest BCUT2D eigenvalue weighted by atomic mass is 10.3. The molecule has 2 rings (SSSR count). The van der Waals surface area contributed by atoms with Crippen molar-refractivity contribution in [1.82, 2.24) is 0 Å². The second kappa shape index (κ2) is 3.93. The smallest absolute Gasteiger partial charge is 0.180 e. The Morgan fingerprint density at radius 2 is 2.19 bits per heavy atom. The van der Waals surface area contributed by atoms with Crippen LogP contribution in [0, 0.1) is 5.82 Å². The zero-order valence-corrected chi connectivity index (χ0v) is 9.60. The number of ether oxygens (including phenoxy) is 1. The Bertz CT molecular complexity index is 513. The number of anilines is 1.